The number of nitriles is 1. The van der Waals surface area contributed by atoms with Crippen molar-refractivity contribution in [2.75, 3.05) is 37.7 Å². The highest BCUT2D eigenvalue weighted by Gasteiger charge is 2.33. The van der Waals surface area contributed by atoms with Crippen molar-refractivity contribution in [3.05, 3.63) is 39.2 Å². The molecule has 1 aromatic heterocycles. The molecule has 0 saturated carbocycles. The van der Waals surface area contributed by atoms with E-state index in [2.05, 4.69) is 49.4 Å². The summed E-state index contributed by atoms with van der Waals surface area (Å²) in [5.41, 5.74) is 3.86. The summed E-state index contributed by atoms with van der Waals surface area (Å²) >= 11 is 0. The van der Waals surface area contributed by atoms with Crippen LogP contribution in [-0.2, 0) is 21.9 Å². The molecule has 2 aromatic rings. The molecule has 0 N–H and O–H groups in total. The Kier molecular flexibility index (Phi) is 9.11. The van der Waals surface area contributed by atoms with E-state index in [9.17, 15) is 9.59 Å². The number of benzene rings is 1. The van der Waals surface area contributed by atoms with Crippen LogP contribution in [0.5, 0.6) is 0 Å². The first-order valence-electron chi connectivity index (χ1n) is 14.7. The SMILES string of the molecule is CC(C)N(C(C)C)P(OCCC#N)OC1CCN(C(=O)c2cc3cc4c5c(c3oc2=O)CCCN5CCC4)CC1. The molecule has 9 nitrogen and oxygen atoms in total. The van der Waals surface area contributed by atoms with Gasteiger partial charge in [-0.3, -0.25) is 4.79 Å². The summed E-state index contributed by atoms with van der Waals surface area (Å²) in [5, 5.41) is 9.81. The number of fused-ring (bicyclic) bond motifs is 2. The molecular weight excluding hydrogens is 527 g/mol. The fraction of sp³-hybridized carbons (Fsp3) is 0.633. The van der Waals surface area contributed by atoms with E-state index in [0.29, 0.717) is 44.5 Å². The van der Waals surface area contributed by atoms with Crippen molar-refractivity contribution in [2.45, 2.75) is 90.8 Å². The van der Waals surface area contributed by atoms with Gasteiger partial charge >= 0.3 is 5.63 Å². The normalized spacial score (nSPS) is 18.4. The lowest BCUT2D eigenvalue weighted by Gasteiger charge is -2.39. The number of anilines is 1. The summed E-state index contributed by atoms with van der Waals surface area (Å²) in [6, 6.07) is 6.46. The van der Waals surface area contributed by atoms with Crippen LogP contribution in [-0.4, -0.2) is 66.5 Å². The van der Waals surface area contributed by atoms with Gasteiger partial charge in [-0.25, -0.2) is 9.46 Å². The zero-order chi connectivity index (χ0) is 28.4. The third kappa shape index (κ3) is 5.92. The standard InChI is InChI=1S/C30H41N4O5P/c1-20(2)34(21(3)4)40(37-17-7-12-31)39-24-10-15-33(16-11-24)29(35)26-19-23-18-22-8-5-13-32-14-6-9-25(27(22)32)28(23)38-30(26)36/h18-21,24H,5-11,13-17H2,1-4H3. The number of piperidine rings is 1. The van der Waals surface area contributed by atoms with Crippen molar-refractivity contribution in [3.8, 4) is 6.07 Å². The van der Waals surface area contributed by atoms with Crippen LogP contribution in [0.1, 0.15) is 81.3 Å². The van der Waals surface area contributed by atoms with Gasteiger partial charge < -0.3 is 23.3 Å². The minimum Gasteiger partial charge on any atom is -0.422 e. The van der Waals surface area contributed by atoms with Crippen LogP contribution in [0.25, 0.3) is 11.0 Å². The summed E-state index contributed by atoms with van der Waals surface area (Å²) < 4.78 is 20.6. The summed E-state index contributed by atoms with van der Waals surface area (Å²) in [7, 11) is -1.33. The Hall–Kier alpha value is -2.50. The van der Waals surface area contributed by atoms with E-state index >= 15 is 0 Å². The minimum absolute atomic E-state index is 0.0622. The van der Waals surface area contributed by atoms with Crippen LogP contribution in [0.15, 0.2) is 21.3 Å². The van der Waals surface area contributed by atoms with E-state index in [4.69, 9.17) is 18.7 Å². The second-order valence-electron chi connectivity index (χ2n) is 11.6. The van der Waals surface area contributed by atoms with Crippen LogP contribution in [0.2, 0.25) is 0 Å². The Bertz CT molecular complexity index is 1320. The van der Waals surface area contributed by atoms with E-state index in [0.717, 1.165) is 49.7 Å². The maximum absolute atomic E-state index is 13.5. The molecule has 3 aliphatic heterocycles. The molecule has 1 aromatic carbocycles. The highest BCUT2D eigenvalue weighted by molar-refractivity contribution is 7.44. The monoisotopic (exact) mass is 568 g/mol. The predicted molar refractivity (Wildman–Crippen MR) is 157 cm³/mol. The Morgan fingerprint density at radius 1 is 1.12 bits per heavy atom. The van der Waals surface area contributed by atoms with Gasteiger partial charge in [-0.2, -0.15) is 5.26 Å². The molecule has 0 spiro atoms. The third-order valence-corrected chi connectivity index (χ3v) is 10.3. The van der Waals surface area contributed by atoms with Gasteiger partial charge in [0.05, 0.1) is 25.2 Å². The number of likely N-dealkylation sites (tertiary alicyclic amines) is 1. The Morgan fingerprint density at radius 3 is 2.50 bits per heavy atom. The maximum atomic E-state index is 13.5. The predicted octanol–water partition coefficient (Wildman–Crippen LogP) is 5.39. The molecule has 0 aliphatic carbocycles. The lowest BCUT2D eigenvalue weighted by Crippen LogP contribution is -2.43. The highest BCUT2D eigenvalue weighted by atomic mass is 31.2. The fourth-order valence-corrected chi connectivity index (χ4v) is 8.12. The van der Waals surface area contributed by atoms with Crippen molar-refractivity contribution in [1.29, 1.82) is 5.26 Å². The van der Waals surface area contributed by atoms with Crippen LogP contribution in [0, 0.1) is 11.3 Å². The lowest BCUT2D eigenvalue weighted by atomic mass is 9.90. The average Bonchev–Trinajstić information content (AvgIpc) is 2.93. The van der Waals surface area contributed by atoms with E-state index in [1.165, 1.54) is 11.3 Å². The van der Waals surface area contributed by atoms with Gasteiger partial charge in [0.2, 0.25) is 0 Å². The average molecular weight is 569 g/mol. The molecule has 10 heteroatoms. The Morgan fingerprint density at radius 2 is 1.82 bits per heavy atom. The molecule has 216 valence electrons. The molecule has 0 bridgehead atoms. The van der Waals surface area contributed by atoms with Gasteiger partial charge in [-0.1, -0.05) is 0 Å². The van der Waals surface area contributed by atoms with Crippen LogP contribution < -0.4 is 10.5 Å². The quantitative estimate of drug-likeness (QED) is 0.226. The number of amides is 1. The van der Waals surface area contributed by atoms with E-state index in [1.807, 2.05) is 0 Å². The zero-order valence-corrected chi connectivity index (χ0v) is 25.0. The molecule has 1 amide bonds. The first kappa shape index (κ1) is 29.0. The molecule has 1 atom stereocenters. The molecule has 3 aliphatic rings. The number of rotatable bonds is 9. The topological polar surface area (TPSA) is 99.2 Å². The number of aryl methyl sites for hydroxylation is 2. The summed E-state index contributed by atoms with van der Waals surface area (Å²) in [6.07, 6.45) is 5.64. The van der Waals surface area contributed by atoms with Crippen LogP contribution in [0.3, 0.4) is 0 Å². The first-order chi connectivity index (χ1) is 19.3. The number of hydrogen-bond acceptors (Lipinski definition) is 8. The second-order valence-corrected chi connectivity index (χ2v) is 13.0. The van der Waals surface area contributed by atoms with Gasteiger partial charge in [0.25, 0.3) is 14.4 Å². The van der Waals surface area contributed by atoms with Gasteiger partial charge in [0, 0.05) is 54.9 Å². The molecule has 1 saturated heterocycles. The maximum Gasteiger partial charge on any atom is 0.349 e. The first-order valence-corrected chi connectivity index (χ1v) is 15.8. The molecular formula is C30H41N4O5P. The highest BCUT2D eigenvalue weighted by Crippen LogP contribution is 2.48. The van der Waals surface area contributed by atoms with Crippen LogP contribution in [0.4, 0.5) is 5.69 Å². The Balaban J connectivity index is 1.29. The van der Waals surface area contributed by atoms with Crippen molar-refractivity contribution in [1.82, 2.24) is 9.57 Å². The smallest absolute Gasteiger partial charge is 0.349 e. The van der Waals surface area contributed by atoms with Gasteiger partial charge in [-0.05, 0) is 83.9 Å². The van der Waals surface area contributed by atoms with Crippen LogP contribution >= 0.6 is 8.53 Å². The largest absolute Gasteiger partial charge is 0.422 e. The van der Waals surface area contributed by atoms with Crippen molar-refractivity contribution in [2.24, 2.45) is 0 Å². The Labute approximate surface area is 238 Å². The van der Waals surface area contributed by atoms with E-state index in [-0.39, 0.29) is 29.7 Å². The number of carbonyl (C=O) groups is 1. The van der Waals surface area contributed by atoms with Gasteiger partial charge in [0.1, 0.15) is 11.1 Å². The van der Waals surface area contributed by atoms with E-state index < -0.39 is 14.2 Å². The summed E-state index contributed by atoms with van der Waals surface area (Å²) in [5.74, 6) is -0.277. The number of carbonyl (C=O) groups excluding carboxylic acids is 1. The van der Waals surface area contributed by atoms with E-state index in [1.54, 1.807) is 11.0 Å². The second kappa shape index (κ2) is 12.6. The van der Waals surface area contributed by atoms with Crippen molar-refractivity contribution in [3.63, 3.8) is 0 Å². The fourth-order valence-electron chi connectivity index (χ4n) is 6.35. The minimum atomic E-state index is -1.33. The summed E-state index contributed by atoms with van der Waals surface area (Å²) in [4.78, 5) is 30.8. The van der Waals surface area contributed by atoms with Crippen molar-refractivity contribution >= 4 is 31.1 Å². The molecule has 5 rings (SSSR count). The van der Waals surface area contributed by atoms with Gasteiger partial charge in [-0.15, -0.1) is 0 Å². The molecule has 4 heterocycles. The number of hydrogen-bond donors (Lipinski definition) is 0. The van der Waals surface area contributed by atoms with Gasteiger partial charge in [0.15, 0.2) is 0 Å². The molecule has 1 fully saturated rings. The van der Waals surface area contributed by atoms with Crippen molar-refractivity contribution < 1.29 is 18.3 Å². The molecule has 0 radical (unpaired) electrons. The third-order valence-electron chi connectivity index (χ3n) is 8.08. The summed E-state index contributed by atoms with van der Waals surface area (Å²) in [6.45, 7) is 11.9. The zero-order valence-electron chi connectivity index (χ0n) is 24.1. The molecule has 1 unspecified atom stereocenters. The molecule has 40 heavy (non-hydrogen) atoms. The number of nitrogens with zero attached hydrogens (tertiary/aromatic N) is 4. The lowest BCUT2D eigenvalue weighted by molar-refractivity contribution is 0.0540.